The fraction of sp³-hybridized carbons (Fsp3) is 0.867. The van der Waals surface area contributed by atoms with Gasteiger partial charge in [0, 0.05) is 19.0 Å². The molecule has 5 heteroatoms. The lowest BCUT2D eigenvalue weighted by Crippen LogP contribution is -2.44. The van der Waals surface area contributed by atoms with Crippen molar-refractivity contribution in [2.75, 3.05) is 13.1 Å². The predicted octanol–water partition coefficient (Wildman–Crippen LogP) is 0.926. The van der Waals surface area contributed by atoms with Gasteiger partial charge in [-0.15, -0.1) is 0 Å². The molecular weight excluding hydrogens is 254 g/mol. The Morgan fingerprint density at radius 2 is 1.65 bits per heavy atom. The molecule has 2 fully saturated rings. The van der Waals surface area contributed by atoms with Crippen LogP contribution >= 0.6 is 0 Å². The largest absolute Gasteiger partial charge is 0.354 e. The summed E-state index contributed by atoms with van der Waals surface area (Å²) in [5, 5.41) is 5.63. The number of nitrogens with two attached hydrogens (primary N) is 1. The first-order valence-corrected chi connectivity index (χ1v) is 7.98. The molecule has 2 aliphatic rings. The van der Waals surface area contributed by atoms with Gasteiger partial charge >= 0.3 is 0 Å². The Labute approximate surface area is 121 Å². The van der Waals surface area contributed by atoms with E-state index in [1.807, 2.05) is 0 Å². The van der Waals surface area contributed by atoms with E-state index in [-0.39, 0.29) is 17.7 Å². The summed E-state index contributed by atoms with van der Waals surface area (Å²) in [6.07, 6.45) is 9.07. The molecule has 1 atom stereocenters. The first kappa shape index (κ1) is 15.3. The topological polar surface area (TPSA) is 84.2 Å². The number of amides is 2. The van der Waals surface area contributed by atoms with E-state index >= 15 is 0 Å². The molecule has 2 aliphatic carbocycles. The Hall–Kier alpha value is -1.10. The molecule has 0 aliphatic heterocycles. The van der Waals surface area contributed by atoms with Crippen LogP contribution in [0.2, 0.25) is 0 Å². The molecule has 1 unspecified atom stereocenters. The van der Waals surface area contributed by atoms with Gasteiger partial charge in [-0.25, -0.2) is 0 Å². The van der Waals surface area contributed by atoms with Gasteiger partial charge in [0.1, 0.15) is 0 Å². The van der Waals surface area contributed by atoms with Crippen LogP contribution in [0.1, 0.15) is 51.4 Å². The van der Waals surface area contributed by atoms with Crippen molar-refractivity contribution in [1.82, 2.24) is 10.6 Å². The number of carbonyl (C=O) groups excluding carboxylic acids is 2. The van der Waals surface area contributed by atoms with Crippen LogP contribution in [-0.4, -0.2) is 30.9 Å². The van der Waals surface area contributed by atoms with Crippen LogP contribution in [-0.2, 0) is 9.59 Å². The second-order valence-electron chi connectivity index (χ2n) is 6.20. The molecule has 2 amide bonds. The van der Waals surface area contributed by atoms with Crippen LogP contribution in [0.5, 0.6) is 0 Å². The van der Waals surface area contributed by atoms with E-state index in [1.54, 1.807) is 0 Å². The van der Waals surface area contributed by atoms with Crippen LogP contribution < -0.4 is 16.4 Å². The fourth-order valence-corrected chi connectivity index (χ4v) is 2.88. The summed E-state index contributed by atoms with van der Waals surface area (Å²) in [6, 6.07) is -0.405. The predicted molar refractivity (Wildman–Crippen MR) is 77.9 cm³/mol. The first-order chi connectivity index (χ1) is 9.66. The van der Waals surface area contributed by atoms with Crippen molar-refractivity contribution in [3.63, 3.8) is 0 Å². The highest BCUT2D eigenvalue weighted by atomic mass is 16.2. The molecule has 0 saturated heterocycles. The first-order valence-electron chi connectivity index (χ1n) is 7.98. The summed E-state index contributed by atoms with van der Waals surface area (Å²) < 4.78 is 0. The second-order valence-corrected chi connectivity index (χ2v) is 6.20. The highest BCUT2D eigenvalue weighted by Crippen LogP contribution is 2.28. The minimum Gasteiger partial charge on any atom is -0.354 e. The Morgan fingerprint density at radius 3 is 2.30 bits per heavy atom. The highest BCUT2D eigenvalue weighted by molar-refractivity contribution is 5.82. The third-order valence-electron chi connectivity index (χ3n) is 4.32. The summed E-state index contributed by atoms with van der Waals surface area (Å²) in [7, 11) is 0. The average molecular weight is 281 g/mol. The summed E-state index contributed by atoms with van der Waals surface area (Å²) in [5.74, 6) is 0.861. The molecule has 2 rings (SSSR count). The lowest BCUT2D eigenvalue weighted by atomic mass is 9.85. The maximum absolute atomic E-state index is 11.9. The van der Waals surface area contributed by atoms with Crippen LogP contribution in [0, 0.1) is 11.8 Å². The Bertz CT molecular complexity index is 336. The molecule has 0 aromatic carbocycles. The van der Waals surface area contributed by atoms with Crippen LogP contribution in [0.4, 0.5) is 0 Å². The molecule has 0 bridgehead atoms. The number of rotatable bonds is 7. The SMILES string of the molecule is NC(CC1CCCCC1)C(=O)NCCNC(=O)C1CC1. The van der Waals surface area contributed by atoms with Gasteiger partial charge in [-0.2, -0.15) is 0 Å². The van der Waals surface area contributed by atoms with Gasteiger partial charge in [0.15, 0.2) is 0 Å². The third kappa shape index (κ3) is 5.12. The lowest BCUT2D eigenvalue weighted by Gasteiger charge is -2.24. The van der Waals surface area contributed by atoms with Crippen molar-refractivity contribution in [3.8, 4) is 0 Å². The van der Waals surface area contributed by atoms with Gasteiger partial charge in [-0.1, -0.05) is 32.1 Å². The summed E-state index contributed by atoms with van der Waals surface area (Å²) >= 11 is 0. The Balaban J connectivity index is 1.54. The van der Waals surface area contributed by atoms with Crippen molar-refractivity contribution >= 4 is 11.8 Å². The molecule has 0 aromatic heterocycles. The van der Waals surface area contributed by atoms with E-state index in [0.717, 1.165) is 19.3 Å². The zero-order valence-corrected chi connectivity index (χ0v) is 12.2. The number of hydrogen-bond donors (Lipinski definition) is 3. The number of nitrogens with one attached hydrogen (secondary N) is 2. The van der Waals surface area contributed by atoms with Gasteiger partial charge in [0.2, 0.25) is 11.8 Å². The maximum Gasteiger partial charge on any atom is 0.236 e. The quantitative estimate of drug-likeness (QED) is 0.607. The minimum absolute atomic E-state index is 0.0868. The molecule has 0 radical (unpaired) electrons. The van der Waals surface area contributed by atoms with Crippen molar-refractivity contribution in [2.45, 2.75) is 57.4 Å². The van der Waals surface area contributed by atoms with Crippen molar-refractivity contribution in [2.24, 2.45) is 17.6 Å². The highest BCUT2D eigenvalue weighted by Gasteiger charge is 2.29. The zero-order chi connectivity index (χ0) is 14.4. The monoisotopic (exact) mass is 281 g/mol. The lowest BCUT2D eigenvalue weighted by molar-refractivity contribution is -0.124. The Kier molecular flexibility index (Phi) is 5.83. The van der Waals surface area contributed by atoms with Crippen molar-refractivity contribution in [1.29, 1.82) is 0 Å². The smallest absolute Gasteiger partial charge is 0.236 e. The molecule has 2 saturated carbocycles. The fourth-order valence-electron chi connectivity index (χ4n) is 2.88. The molecular formula is C15H27N3O2. The molecule has 5 nitrogen and oxygen atoms in total. The van der Waals surface area contributed by atoms with E-state index in [1.165, 1.54) is 32.1 Å². The van der Waals surface area contributed by atoms with Gasteiger partial charge in [-0.05, 0) is 25.2 Å². The van der Waals surface area contributed by atoms with E-state index in [4.69, 9.17) is 5.73 Å². The van der Waals surface area contributed by atoms with Crippen LogP contribution in [0.15, 0.2) is 0 Å². The number of hydrogen-bond acceptors (Lipinski definition) is 3. The van der Waals surface area contributed by atoms with Crippen LogP contribution in [0.3, 0.4) is 0 Å². The minimum atomic E-state index is -0.405. The molecule has 0 spiro atoms. The molecule has 0 heterocycles. The van der Waals surface area contributed by atoms with Crippen molar-refractivity contribution < 1.29 is 9.59 Å². The van der Waals surface area contributed by atoms with Gasteiger partial charge in [-0.3, -0.25) is 9.59 Å². The summed E-state index contributed by atoms with van der Waals surface area (Å²) in [5.41, 5.74) is 5.95. The maximum atomic E-state index is 11.9. The molecule has 20 heavy (non-hydrogen) atoms. The van der Waals surface area contributed by atoms with Gasteiger partial charge in [0.25, 0.3) is 0 Å². The normalized spacial score (nSPS) is 21.2. The van der Waals surface area contributed by atoms with Gasteiger partial charge < -0.3 is 16.4 Å². The van der Waals surface area contributed by atoms with E-state index in [2.05, 4.69) is 10.6 Å². The number of carbonyl (C=O) groups is 2. The second kappa shape index (κ2) is 7.62. The van der Waals surface area contributed by atoms with E-state index < -0.39 is 6.04 Å². The van der Waals surface area contributed by atoms with Gasteiger partial charge in [0.05, 0.1) is 6.04 Å². The Morgan fingerprint density at radius 1 is 1.00 bits per heavy atom. The molecule has 0 aromatic rings. The zero-order valence-electron chi connectivity index (χ0n) is 12.2. The van der Waals surface area contributed by atoms with E-state index in [9.17, 15) is 9.59 Å². The van der Waals surface area contributed by atoms with Crippen LogP contribution in [0.25, 0.3) is 0 Å². The summed E-state index contributed by atoms with van der Waals surface area (Å²) in [4.78, 5) is 23.3. The van der Waals surface area contributed by atoms with Crippen molar-refractivity contribution in [3.05, 3.63) is 0 Å². The summed E-state index contributed by atoms with van der Waals surface area (Å²) in [6.45, 7) is 0.965. The van der Waals surface area contributed by atoms with E-state index in [0.29, 0.717) is 19.0 Å². The molecule has 4 N–H and O–H groups in total. The molecule has 114 valence electrons. The standard InChI is InChI=1S/C15H27N3O2/c16-13(10-11-4-2-1-3-5-11)15(20)18-9-8-17-14(19)12-6-7-12/h11-13H,1-10,16H2,(H,17,19)(H,18,20). The average Bonchev–Trinajstić information content (AvgIpc) is 3.28. The third-order valence-corrected chi connectivity index (χ3v) is 4.32.